The van der Waals surface area contributed by atoms with Crippen LogP contribution < -0.4 is 5.32 Å². The van der Waals surface area contributed by atoms with E-state index in [-0.39, 0.29) is 17.4 Å². The molecule has 0 spiro atoms. The van der Waals surface area contributed by atoms with Gasteiger partial charge in [-0.3, -0.25) is 4.79 Å². The van der Waals surface area contributed by atoms with E-state index in [4.69, 9.17) is 4.42 Å². The average molecular weight is 253 g/mol. The Labute approximate surface area is 108 Å². The quantitative estimate of drug-likeness (QED) is 0.782. The molecule has 1 aromatic heterocycles. The Morgan fingerprint density at radius 2 is 2.28 bits per heavy atom. The summed E-state index contributed by atoms with van der Waals surface area (Å²) >= 11 is 0. The summed E-state index contributed by atoms with van der Waals surface area (Å²) in [6, 6.07) is 3.68. The lowest BCUT2D eigenvalue weighted by Gasteiger charge is -2.26. The molecule has 0 saturated carbocycles. The third-order valence-electron chi connectivity index (χ3n) is 2.79. The van der Waals surface area contributed by atoms with E-state index in [0.717, 1.165) is 5.76 Å². The number of aryl methyl sites for hydroxylation is 1. The summed E-state index contributed by atoms with van der Waals surface area (Å²) in [7, 11) is 0. The Hall–Kier alpha value is -1.29. The van der Waals surface area contributed by atoms with Gasteiger partial charge in [0.15, 0.2) is 0 Å². The van der Waals surface area contributed by atoms with Gasteiger partial charge in [0.1, 0.15) is 5.76 Å². The molecule has 0 saturated heterocycles. The van der Waals surface area contributed by atoms with Crippen molar-refractivity contribution in [1.82, 2.24) is 5.32 Å². The number of hydrogen-bond donors (Lipinski definition) is 2. The Balaban J connectivity index is 2.24. The zero-order chi connectivity index (χ0) is 13.6. The van der Waals surface area contributed by atoms with Gasteiger partial charge in [-0.05, 0) is 30.9 Å². The van der Waals surface area contributed by atoms with Crippen molar-refractivity contribution in [2.24, 2.45) is 5.41 Å². The van der Waals surface area contributed by atoms with E-state index in [9.17, 15) is 9.90 Å². The lowest BCUT2D eigenvalue weighted by atomic mass is 9.87. The van der Waals surface area contributed by atoms with Crippen LogP contribution in [-0.4, -0.2) is 23.7 Å². The predicted molar refractivity (Wildman–Crippen MR) is 70.1 cm³/mol. The summed E-state index contributed by atoms with van der Waals surface area (Å²) < 4.78 is 5.17. The number of hydrogen-bond acceptors (Lipinski definition) is 3. The molecule has 0 aromatic carbocycles. The highest BCUT2D eigenvalue weighted by Crippen LogP contribution is 2.21. The molecule has 1 aromatic rings. The number of amides is 1. The zero-order valence-corrected chi connectivity index (χ0v) is 11.4. The second kappa shape index (κ2) is 6.59. The molecule has 4 nitrogen and oxygen atoms in total. The SMILES string of the molecule is CC(O)CC(C)(C)CNC(=O)CCc1ccco1. The highest BCUT2D eigenvalue weighted by Gasteiger charge is 2.20. The minimum atomic E-state index is -0.347. The maximum Gasteiger partial charge on any atom is 0.220 e. The van der Waals surface area contributed by atoms with Gasteiger partial charge in [0.25, 0.3) is 0 Å². The first kappa shape index (κ1) is 14.8. The normalized spacial score (nSPS) is 13.3. The van der Waals surface area contributed by atoms with E-state index >= 15 is 0 Å². The van der Waals surface area contributed by atoms with Crippen molar-refractivity contribution in [2.45, 2.75) is 46.1 Å². The van der Waals surface area contributed by atoms with Crippen molar-refractivity contribution in [1.29, 1.82) is 0 Å². The van der Waals surface area contributed by atoms with Gasteiger partial charge in [-0.1, -0.05) is 13.8 Å². The van der Waals surface area contributed by atoms with Crippen LogP contribution in [0.1, 0.15) is 39.4 Å². The van der Waals surface area contributed by atoms with E-state index in [1.807, 2.05) is 26.0 Å². The van der Waals surface area contributed by atoms with Gasteiger partial charge < -0.3 is 14.8 Å². The molecule has 18 heavy (non-hydrogen) atoms. The second-order valence-corrected chi connectivity index (χ2v) is 5.57. The molecular weight excluding hydrogens is 230 g/mol. The topological polar surface area (TPSA) is 62.5 Å². The maximum absolute atomic E-state index is 11.7. The van der Waals surface area contributed by atoms with Crippen molar-refractivity contribution in [3.63, 3.8) is 0 Å². The molecule has 1 unspecified atom stereocenters. The van der Waals surface area contributed by atoms with E-state index in [1.165, 1.54) is 0 Å². The molecule has 0 bridgehead atoms. The van der Waals surface area contributed by atoms with E-state index in [1.54, 1.807) is 13.2 Å². The van der Waals surface area contributed by atoms with Crippen molar-refractivity contribution in [2.75, 3.05) is 6.54 Å². The summed E-state index contributed by atoms with van der Waals surface area (Å²) in [5, 5.41) is 12.3. The maximum atomic E-state index is 11.7. The van der Waals surface area contributed by atoms with Crippen molar-refractivity contribution in [3.05, 3.63) is 24.2 Å². The molecule has 2 N–H and O–H groups in total. The molecule has 1 heterocycles. The molecule has 102 valence electrons. The van der Waals surface area contributed by atoms with Crippen LogP contribution in [0.25, 0.3) is 0 Å². The molecule has 0 aliphatic carbocycles. The number of rotatable bonds is 7. The highest BCUT2D eigenvalue weighted by atomic mass is 16.3. The number of carbonyl (C=O) groups excluding carboxylic acids is 1. The van der Waals surface area contributed by atoms with E-state index in [0.29, 0.717) is 25.8 Å². The molecular formula is C14H23NO3. The second-order valence-electron chi connectivity index (χ2n) is 5.57. The van der Waals surface area contributed by atoms with Crippen LogP contribution >= 0.6 is 0 Å². The Morgan fingerprint density at radius 3 is 2.83 bits per heavy atom. The van der Waals surface area contributed by atoms with Crippen LogP contribution in [0, 0.1) is 5.41 Å². The van der Waals surface area contributed by atoms with Gasteiger partial charge in [0, 0.05) is 19.4 Å². The molecule has 0 radical (unpaired) electrons. The van der Waals surface area contributed by atoms with Crippen LogP contribution in [0.15, 0.2) is 22.8 Å². The molecule has 0 fully saturated rings. The summed E-state index contributed by atoms with van der Waals surface area (Å²) in [5.41, 5.74) is -0.0888. The van der Waals surface area contributed by atoms with Crippen molar-refractivity contribution >= 4 is 5.91 Å². The van der Waals surface area contributed by atoms with Gasteiger partial charge in [0.2, 0.25) is 5.91 Å². The Bertz CT molecular complexity index is 355. The van der Waals surface area contributed by atoms with Crippen LogP contribution in [0.3, 0.4) is 0 Å². The van der Waals surface area contributed by atoms with Crippen LogP contribution in [0.4, 0.5) is 0 Å². The standard InChI is InChI=1S/C14H23NO3/c1-11(16)9-14(2,3)10-15-13(17)7-6-12-5-4-8-18-12/h4-5,8,11,16H,6-7,9-10H2,1-3H3,(H,15,17). The number of nitrogens with one attached hydrogen (secondary N) is 1. The van der Waals surface area contributed by atoms with Crippen LogP contribution in [0.5, 0.6) is 0 Å². The van der Waals surface area contributed by atoms with Gasteiger partial charge in [-0.25, -0.2) is 0 Å². The van der Waals surface area contributed by atoms with Gasteiger partial charge in [-0.15, -0.1) is 0 Å². The van der Waals surface area contributed by atoms with Crippen molar-refractivity contribution in [3.8, 4) is 0 Å². The summed E-state index contributed by atoms with van der Waals surface area (Å²) in [5.74, 6) is 0.846. The van der Waals surface area contributed by atoms with E-state index in [2.05, 4.69) is 5.32 Å². The fourth-order valence-corrected chi connectivity index (χ4v) is 1.99. The number of carbonyl (C=O) groups is 1. The largest absolute Gasteiger partial charge is 0.469 e. The number of aliphatic hydroxyl groups is 1. The molecule has 0 aliphatic rings. The third-order valence-corrected chi connectivity index (χ3v) is 2.79. The molecule has 1 atom stereocenters. The molecule has 1 rings (SSSR count). The van der Waals surface area contributed by atoms with Gasteiger partial charge in [-0.2, -0.15) is 0 Å². The molecule has 4 heteroatoms. The molecule has 0 aliphatic heterocycles. The average Bonchev–Trinajstić information content (AvgIpc) is 2.74. The lowest BCUT2D eigenvalue weighted by molar-refractivity contribution is -0.121. The highest BCUT2D eigenvalue weighted by molar-refractivity contribution is 5.76. The van der Waals surface area contributed by atoms with Crippen LogP contribution in [0.2, 0.25) is 0 Å². The third kappa shape index (κ3) is 5.87. The zero-order valence-electron chi connectivity index (χ0n) is 11.4. The monoisotopic (exact) mass is 253 g/mol. The first-order valence-corrected chi connectivity index (χ1v) is 6.36. The fraction of sp³-hybridized carbons (Fsp3) is 0.643. The first-order chi connectivity index (χ1) is 8.39. The predicted octanol–water partition coefficient (Wildman–Crippen LogP) is 2.13. The number of furan rings is 1. The molecule has 1 amide bonds. The smallest absolute Gasteiger partial charge is 0.220 e. The van der Waals surface area contributed by atoms with Crippen LogP contribution in [-0.2, 0) is 11.2 Å². The first-order valence-electron chi connectivity index (χ1n) is 6.36. The number of aliphatic hydroxyl groups excluding tert-OH is 1. The fourth-order valence-electron chi connectivity index (χ4n) is 1.99. The van der Waals surface area contributed by atoms with Crippen molar-refractivity contribution < 1.29 is 14.3 Å². The van der Waals surface area contributed by atoms with Gasteiger partial charge >= 0.3 is 0 Å². The summed E-state index contributed by atoms with van der Waals surface area (Å²) in [4.78, 5) is 11.7. The minimum absolute atomic E-state index is 0.0186. The lowest BCUT2D eigenvalue weighted by Crippen LogP contribution is -2.35. The Kier molecular flexibility index (Phi) is 5.41. The summed E-state index contributed by atoms with van der Waals surface area (Å²) in [6.45, 7) is 6.41. The minimum Gasteiger partial charge on any atom is -0.469 e. The Morgan fingerprint density at radius 1 is 1.56 bits per heavy atom. The van der Waals surface area contributed by atoms with E-state index < -0.39 is 0 Å². The van der Waals surface area contributed by atoms with Gasteiger partial charge in [0.05, 0.1) is 12.4 Å². The summed E-state index contributed by atoms with van der Waals surface area (Å²) in [6.07, 6.45) is 2.98.